The van der Waals surface area contributed by atoms with Gasteiger partial charge in [-0.2, -0.15) is 0 Å². The second kappa shape index (κ2) is 6.69. The van der Waals surface area contributed by atoms with Gasteiger partial charge in [0, 0.05) is 25.2 Å². The normalized spacial score (nSPS) is 24.8. The van der Waals surface area contributed by atoms with Crippen molar-refractivity contribution in [2.45, 2.75) is 25.7 Å². The summed E-state index contributed by atoms with van der Waals surface area (Å²) in [5.41, 5.74) is 7.38. The van der Waals surface area contributed by atoms with Crippen LogP contribution in [0.15, 0.2) is 29.4 Å². The van der Waals surface area contributed by atoms with Gasteiger partial charge in [0.15, 0.2) is 5.84 Å². The maximum absolute atomic E-state index is 9.23. The van der Waals surface area contributed by atoms with Gasteiger partial charge in [-0.25, -0.2) is 0 Å². The topological polar surface area (TPSA) is 91.3 Å². The number of ether oxygens (including phenoxy) is 1. The van der Waals surface area contributed by atoms with Gasteiger partial charge in [0.1, 0.15) is 0 Å². The Morgan fingerprint density at radius 3 is 3.00 bits per heavy atom. The first kappa shape index (κ1) is 14.8. The van der Waals surface area contributed by atoms with Crippen LogP contribution in [-0.4, -0.2) is 53.0 Å². The first-order valence-electron chi connectivity index (χ1n) is 6.68. The van der Waals surface area contributed by atoms with Crippen LogP contribution in [0.2, 0.25) is 0 Å². The van der Waals surface area contributed by atoms with E-state index in [1.54, 1.807) is 6.07 Å². The van der Waals surface area contributed by atoms with E-state index in [0.29, 0.717) is 12.1 Å². The Bertz CT molecular complexity index is 478. The maximum Gasteiger partial charge on any atom is 0.170 e. The predicted molar refractivity (Wildman–Crippen MR) is 75.7 cm³/mol. The standard InChI is InChI=1S/C14H21N3O3/c1-10-6-17(8-13(9-18)20-10)7-11-3-2-4-12(5-11)14(15)16-19/h2-5,10,13,18-19H,6-9H2,1H3,(H2,15,16). The van der Waals surface area contributed by atoms with E-state index >= 15 is 0 Å². The van der Waals surface area contributed by atoms with Crippen LogP contribution in [0.1, 0.15) is 18.1 Å². The van der Waals surface area contributed by atoms with E-state index < -0.39 is 0 Å². The van der Waals surface area contributed by atoms with Gasteiger partial charge in [0.2, 0.25) is 0 Å². The Balaban J connectivity index is 2.06. The first-order chi connectivity index (χ1) is 9.62. The first-order valence-corrected chi connectivity index (χ1v) is 6.68. The second-order valence-corrected chi connectivity index (χ2v) is 5.13. The number of hydrogen-bond donors (Lipinski definition) is 3. The van der Waals surface area contributed by atoms with Crippen molar-refractivity contribution in [2.24, 2.45) is 10.9 Å². The molecule has 6 heteroatoms. The number of benzene rings is 1. The summed E-state index contributed by atoms with van der Waals surface area (Å²) in [6.45, 7) is 4.31. The van der Waals surface area contributed by atoms with Gasteiger partial charge >= 0.3 is 0 Å². The fraction of sp³-hybridized carbons (Fsp3) is 0.500. The zero-order chi connectivity index (χ0) is 14.5. The van der Waals surface area contributed by atoms with Crippen molar-refractivity contribution >= 4 is 5.84 Å². The molecule has 0 spiro atoms. The Hall–Kier alpha value is -1.63. The summed E-state index contributed by atoms with van der Waals surface area (Å²) in [5, 5.41) is 21.0. The van der Waals surface area contributed by atoms with Crippen molar-refractivity contribution < 1.29 is 15.1 Å². The van der Waals surface area contributed by atoms with Crippen molar-refractivity contribution in [3.63, 3.8) is 0 Å². The molecule has 1 heterocycles. The number of hydrogen-bond acceptors (Lipinski definition) is 5. The van der Waals surface area contributed by atoms with Gasteiger partial charge in [0.25, 0.3) is 0 Å². The molecule has 1 aliphatic heterocycles. The minimum Gasteiger partial charge on any atom is -0.409 e. The minimum atomic E-state index is -0.133. The average Bonchev–Trinajstić information content (AvgIpc) is 2.46. The van der Waals surface area contributed by atoms with Gasteiger partial charge in [-0.1, -0.05) is 23.4 Å². The average molecular weight is 279 g/mol. The van der Waals surface area contributed by atoms with Crippen LogP contribution in [0.25, 0.3) is 0 Å². The molecule has 0 aromatic heterocycles. The molecule has 1 aromatic carbocycles. The number of nitrogens with two attached hydrogens (primary N) is 1. The smallest absolute Gasteiger partial charge is 0.170 e. The van der Waals surface area contributed by atoms with Crippen molar-refractivity contribution in [3.8, 4) is 0 Å². The Morgan fingerprint density at radius 2 is 2.30 bits per heavy atom. The van der Waals surface area contributed by atoms with E-state index in [1.807, 2.05) is 25.1 Å². The highest BCUT2D eigenvalue weighted by molar-refractivity contribution is 5.97. The molecule has 4 N–H and O–H groups in total. The van der Waals surface area contributed by atoms with Gasteiger partial charge < -0.3 is 20.8 Å². The SMILES string of the molecule is CC1CN(Cc2cccc(/C(N)=N/O)c2)CC(CO)O1. The second-order valence-electron chi connectivity index (χ2n) is 5.13. The number of rotatable bonds is 4. The lowest BCUT2D eigenvalue weighted by molar-refractivity contribution is -0.0972. The molecule has 110 valence electrons. The molecule has 0 saturated carbocycles. The Kier molecular flexibility index (Phi) is 4.94. The van der Waals surface area contributed by atoms with E-state index in [2.05, 4.69) is 10.1 Å². The fourth-order valence-electron chi connectivity index (χ4n) is 2.52. The van der Waals surface area contributed by atoms with Crippen LogP contribution in [0.4, 0.5) is 0 Å². The maximum atomic E-state index is 9.23. The van der Waals surface area contributed by atoms with Crippen LogP contribution in [0, 0.1) is 0 Å². The Labute approximate surface area is 118 Å². The summed E-state index contributed by atoms with van der Waals surface area (Å²) < 4.78 is 5.62. The van der Waals surface area contributed by atoms with Gasteiger partial charge in [0.05, 0.1) is 18.8 Å². The monoisotopic (exact) mass is 279 g/mol. The number of nitrogens with zero attached hydrogens (tertiary/aromatic N) is 2. The number of aliphatic hydroxyl groups excluding tert-OH is 1. The molecule has 0 radical (unpaired) electrons. The molecule has 0 aliphatic carbocycles. The molecular weight excluding hydrogens is 258 g/mol. The summed E-state index contributed by atoms with van der Waals surface area (Å²) >= 11 is 0. The molecule has 2 atom stereocenters. The quantitative estimate of drug-likeness (QED) is 0.320. The summed E-state index contributed by atoms with van der Waals surface area (Å²) in [5.74, 6) is 0.107. The molecule has 6 nitrogen and oxygen atoms in total. The van der Waals surface area contributed by atoms with Crippen LogP contribution >= 0.6 is 0 Å². The van der Waals surface area contributed by atoms with E-state index in [0.717, 1.165) is 18.7 Å². The molecule has 1 aromatic rings. The molecule has 1 saturated heterocycles. The summed E-state index contributed by atoms with van der Waals surface area (Å²) in [6, 6.07) is 7.60. The van der Waals surface area contributed by atoms with Crippen LogP contribution < -0.4 is 5.73 Å². The molecule has 20 heavy (non-hydrogen) atoms. The zero-order valence-corrected chi connectivity index (χ0v) is 11.6. The van der Waals surface area contributed by atoms with Crippen molar-refractivity contribution in [1.82, 2.24) is 4.90 Å². The zero-order valence-electron chi connectivity index (χ0n) is 11.6. The lowest BCUT2D eigenvalue weighted by Crippen LogP contribution is -2.47. The van der Waals surface area contributed by atoms with Crippen molar-refractivity contribution in [1.29, 1.82) is 0 Å². The summed E-state index contributed by atoms with van der Waals surface area (Å²) in [4.78, 5) is 2.24. The van der Waals surface area contributed by atoms with E-state index in [4.69, 9.17) is 15.7 Å². The fourth-order valence-corrected chi connectivity index (χ4v) is 2.52. The molecule has 0 amide bonds. The van der Waals surface area contributed by atoms with Gasteiger partial charge in [-0.15, -0.1) is 0 Å². The molecule has 0 bridgehead atoms. The minimum absolute atomic E-state index is 0.0327. The van der Waals surface area contributed by atoms with E-state index in [9.17, 15) is 5.11 Å². The molecule has 1 fully saturated rings. The number of oxime groups is 1. The van der Waals surface area contributed by atoms with Gasteiger partial charge in [-0.05, 0) is 18.6 Å². The summed E-state index contributed by atoms with van der Waals surface area (Å²) in [7, 11) is 0. The number of morpholine rings is 1. The third-order valence-electron chi connectivity index (χ3n) is 3.34. The molecule has 1 aliphatic rings. The highest BCUT2D eigenvalue weighted by Crippen LogP contribution is 2.15. The third-order valence-corrected chi connectivity index (χ3v) is 3.34. The lowest BCUT2D eigenvalue weighted by Gasteiger charge is -2.36. The number of aliphatic hydroxyl groups is 1. The largest absolute Gasteiger partial charge is 0.409 e. The molecular formula is C14H21N3O3. The predicted octanol–water partition coefficient (Wildman–Crippen LogP) is 0.363. The van der Waals surface area contributed by atoms with Gasteiger partial charge in [-0.3, -0.25) is 4.90 Å². The van der Waals surface area contributed by atoms with Crippen LogP contribution in [0.3, 0.4) is 0 Å². The Morgan fingerprint density at radius 1 is 1.50 bits per heavy atom. The van der Waals surface area contributed by atoms with Crippen LogP contribution in [-0.2, 0) is 11.3 Å². The summed E-state index contributed by atoms with van der Waals surface area (Å²) in [6.07, 6.45) is -0.0286. The lowest BCUT2D eigenvalue weighted by atomic mass is 10.1. The van der Waals surface area contributed by atoms with E-state index in [-0.39, 0.29) is 24.7 Å². The van der Waals surface area contributed by atoms with E-state index in [1.165, 1.54) is 0 Å². The molecule has 2 unspecified atom stereocenters. The number of amidine groups is 1. The molecule has 2 rings (SSSR count). The van der Waals surface area contributed by atoms with Crippen LogP contribution in [0.5, 0.6) is 0 Å². The third kappa shape index (κ3) is 3.69. The highest BCUT2D eigenvalue weighted by atomic mass is 16.5. The van der Waals surface area contributed by atoms with Crippen molar-refractivity contribution in [2.75, 3.05) is 19.7 Å². The van der Waals surface area contributed by atoms with Crippen molar-refractivity contribution in [3.05, 3.63) is 35.4 Å². The highest BCUT2D eigenvalue weighted by Gasteiger charge is 2.24.